The fourth-order valence-electron chi connectivity index (χ4n) is 5.02. The van der Waals surface area contributed by atoms with E-state index in [1.54, 1.807) is 4.68 Å². The van der Waals surface area contributed by atoms with E-state index in [1.165, 1.54) is 11.9 Å². The number of halogens is 1. The summed E-state index contributed by atoms with van der Waals surface area (Å²) in [4.78, 5) is 21.6. The molecule has 1 aliphatic rings. The second-order valence-electron chi connectivity index (χ2n) is 8.82. The fourth-order valence-corrected chi connectivity index (χ4v) is 5.77. The third kappa shape index (κ3) is 3.69. The van der Waals surface area contributed by atoms with Gasteiger partial charge in [-0.25, -0.2) is 19.4 Å². The molecule has 2 aromatic carbocycles. The van der Waals surface area contributed by atoms with Gasteiger partial charge in [0.1, 0.15) is 27.6 Å². The second-order valence-corrected chi connectivity index (χ2v) is 9.84. The van der Waals surface area contributed by atoms with E-state index in [0.29, 0.717) is 37.7 Å². The monoisotopic (exact) mass is 578 g/mol. The minimum absolute atomic E-state index is 0.328. The number of anilines is 1. The first kappa shape index (κ1) is 22.2. The molecule has 4 heterocycles. The molecule has 1 aliphatic heterocycles. The van der Waals surface area contributed by atoms with Crippen molar-refractivity contribution >= 4 is 50.2 Å². The molecule has 0 radical (unpaired) electrons. The number of nitrogen functional groups attached to an aromatic ring is 1. The molecule has 35 heavy (non-hydrogen) atoms. The number of aromatic nitrogens is 4. The SMILES string of the molecule is CC(c1oc(=O)c2ccccc2c1-c1cccc([C@H]2CCCN2)c1)n1nc(I)c2c(N)ncnc21. The summed E-state index contributed by atoms with van der Waals surface area (Å²) in [5, 5.41) is 10.4. The lowest BCUT2D eigenvalue weighted by Gasteiger charge is -2.19. The summed E-state index contributed by atoms with van der Waals surface area (Å²) in [6.45, 7) is 2.98. The maximum Gasteiger partial charge on any atom is 0.343 e. The molecule has 0 spiro atoms. The Balaban J connectivity index is 1.61. The van der Waals surface area contributed by atoms with Crippen molar-refractivity contribution in [2.75, 3.05) is 12.3 Å². The predicted molar refractivity (Wildman–Crippen MR) is 144 cm³/mol. The van der Waals surface area contributed by atoms with Gasteiger partial charge in [-0.2, -0.15) is 5.10 Å². The molecule has 9 heteroatoms. The zero-order chi connectivity index (χ0) is 24.1. The van der Waals surface area contributed by atoms with Crippen LogP contribution in [0.3, 0.4) is 0 Å². The topological polar surface area (TPSA) is 112 Å². The van der Waals surface area contributed by atoms with Gasteiger partial charge in [-0.1, -0.05) is 36.4 Å². The second kappa shape index (κ2) is 8.72. The highest BCUT2D eigenvalue weighted by atomic mass is 127. The van der Waals surface area contributed by atoms with E-state index in [1.807, 2.05) is 31.2 Å². The summed E-state index contributed by atoms with van der Waals surface area (Å²) in [5.74, 6) is 0.901. The van der Waals surface area contributed by atoms with Crippen LogP contribution in [0.15, 0.2) is 64.1 Å². The van der Waals surface area contributed by atoms with Crippen molar-refractivity contribution in [1.82, 2.24) is 25.1 Å². The van der Waals surface area contributed by atoms with E-state index in [4.69, 9.17) is 15.2 Å². The Hall–Kier alpha value is -3.31. The molecule has 1 saturated heterocycles. The molecule has 3 aromatic heterocycles. The molecule has 0 amide bonds. The molecule has 5 aromatic rings. The van der Waals surface area contributed by atoms with Gasteiger partial charge in [0.25, 0.3) is 0 Å². The molecule has 0 aliphatic carbocycles. The Kier molecular flexibility index (Phi) is 5.53. The maximum absolute atomic E-state index is 13.1. The quantitative estimate of drug-likeness (QED) is 0.294. The van der Waals surface area contributed by atoms with Gasteiger partial charge in [0.2, 0.25) is 0 Å². The third-order valence-corrected chi connectivity index (χ3v) is 7.48. The first-order valence-corrected chi connectivity index (χ1v) is 12.6. The highest BCUT2D eigenvalue weighted by Gasteiger charge is 2.26. The van der Waals surface area contributed by atoms with E-state index >= 15 is 0 Å². The lowest BCUT2D eigenvalue weighted by Crippen LogP contribution is -2.15. The van der Waals surface area contributed by atoms with E-state index < -0.39 is 6.04 Å². The number of hydrogen-bond donors (Lipinski definition) is 2. The smallest absolute Gasteiger partial charge is 0.343 e. The normalized spacial score (nSPS) is 16.8. The van der Waals surface area contributed by atoms with Crippen molar-refractivity contribution in [3.8, 4) is 11.1 Å². The molecule has 8 nitrogen and oxygen atoms in total. The molecule has 3 N–H and O–H groups in total. The first-order valence-electron chi connectivity index (χ1n) is 11.6. The van der Waals surface area contributed by atoms with Crippen LogP contribution in [0, 0.1) is 3.70 Å². The van der Waals surface area contributed by atoms with E-state index in [9.17, 15) is 4.79 Å². The predicted octanol–water partition coefficient (Wildman–Crippen LogP) is 4.82. The lowest BCUT2D eigenvalue weighted by atomic mass is 9.93. The van der Waals surface area contributed by atoms with Crippen LogP contribution < -0.4 is 16.7 Å². The Morgan fingerprint density at radius 3 is 2.80 bits per heavy atom. The van der Waals surface area contributed by atoms with Crippen LogP contribution in [0.1, 0.15) is 43.2 Å². The van der Waals surface area contributed by atoms with Gasteiger partial charge in [0.05, 0.1) is 10.8 Å². The molecule has 1 unspecified atom stereocenters. The van der Waals surface area contributed by atoms with Crippen LogP contribution in [0.2, 0.25) is 0 Å². The molecule has 0 saturated carbocycles. The number of fused-ring (bicyclic) bond motifs is 2. The summed E-state index contributed by atoms with van der Waals surface area (Å²) in [6, 6.07) is 16.0. The summed E-state index contributed by atoms with van der Waals surface area (Å²) < 4.78 is 8.49. The molecular formula is C26H23IN6O2. The zero-order valence-corrected chi connectivity index (χ0v) is 21.2. The van der Waals surface area contributed by atoms with E-state index in [-0.39, 0.29) is 5.63 Å². The Bertz CT molecular complexity index is 1640. The van der Waals surface area contributed by atoms with Gasteiger partial charge in [-0.15, -0.1) is 0 Å². The summed E-state index contributed by atoms with van der Waals surface area (Å²) in [5.41, 5.74) is 9.45. The van der Waals surface area contributed by atoms with Crippen molar-refractivity contribution in [2.24, 2.45) is 0 Å². The zero-order valence-electron chi connectivity index (χ0n) is 19.0. The summed E-state index contributed by atoms with van der Waals surface area (Å²) in [7, 11) is 0. The number of nitrogens with two attached hydrogens (primary N) is 1. The van der Waals surface area contributed by atoms with Crippen LogP contribution >= 0.6 is 22.6 Å². The number of hydrogen-bond acceptors (Lipinski definition) is 7. The van der Waals surface area contributed by atoms with Crippen molar-refractivity contribution in [3.63, 3.8) is 0 Å². The average Bonchev–Trinajstić information content (AvgIpc) is 3.53. The van der Waals surface area contributed by atoms with Gasteiger partial charge in [0.15, 0.2) is 5.65 Å². The standard InChI is InChI=1S/C26H23IN6O2/c1-14(33-25-21(23(27)32-33)24(28)30-13-31-25)22-20(17-8-2-3-9-18(17)26(34)35-22)16-7-4-6-15(12-16)19-10-5-11-29-19/h2-4,6-9,12-14,19,29H,5,10-11H2,1H3,(H2,28,30,31)/t14?,19-/m1/s1. The highest BCUT2D eigenvalue weighted by Crippen LogP contribution is 2.38. The fraction of sp³-hybridized carbons (Fsp3) is 0.231. The number of nitrogens with one attached hydrogen (secondary N) is 1. The molecule has 1 fully saturated rings. The molecule has 6 rings (SSSR count). The van der Waals surface area contributed by atoms with Crippen molar-refractivity contribution < 1.29 is 4.42 Å². The Labute approximate surface area is 214 Å². The first-order chi connectivity index (χ1) is 17.0. The maximum atomic E-state index is 13.1. The molecule has 0 bridgehead atoms. The third-order valence-electron chi connectivity index (χ3n) is 6.73. The Morgan fingerprint density at radius 2 is 2.00 bits per heavy atom. The molecule has 2 atom stereocenters. The largest absolute Gasteiger partial charge is 0.424 e. The lowest BCUT2D eigenvalue weighted by molar-refractivity contribution is 0.404. The van der Waals surface area contributed by atoms with Crippen molar-refractivity contribution in [1.29, 1.82) is 0 Å². The molecular weight excluding hydrogens is 555 g/mol. The Morgan fingerprint density at radius 1 is 1.17 bits per heavy atom. The van der Waals surface area contributed by atoms with Gasteiger partial charge >= 0.3 is 5.63 Å². The average molecular weight is 578 g/mol. The molecule has 176 valence electrons. The van der Waals surface area contributed by atoms with Crippen LogP contribution in [-0.4, -0.2) is 26.3 Å². The number of rotatable bonds is 4. The number of nitrogens with zero attached hydrogens (tertiary/aromatic N) is 4. The van der Waals surface area contributed by atoms with E-state index in [2.05, 4.69) is 62.1 Å². The van der Waals surface area contributed by atoms with Gasteiger partial charge in [-0.3, -0.25) is 0 Å². The van der Waals surface area contributed by atoms with Crippen LogP contribution in [0.25, 0.3) is 32.9 Å². The van der Waals surface area contributed by atoms with Crippen molar-refractivity contribution in [3.05, 3.63) is 80.3 Å². The van der Waals surface area contributed by atoms with Crippen molar-refractivity contribution in [2.45, 2.75) is 31.8 Å². The summed E-state index contributed by atoms with van der Waals surface area (Å²) >= 11 is 2.13. The number of benzene rings is 2. The minimum atomic E-state index is -0.420. The van der Waals surface area contributed by atoms with Gasteiger partial charge < -0.3 is 15.5 Å². The minimum Gasteiger partial charge on any atom is -0.424 e. The van der Waals surface area contributed by atoms with Gasteiger partial charge in [0, 0.05) is 17.0 Å². The van der Waals surface area contributed by atoms with E-state index in [0.717, 1.165) is 35.9 Å². The van der Waals surface area contributed by atoms with Gasteiger partial charge in [-0.05, 0) is 72.2 Å². The summed E-state index contributed by atoms with van der Waals surface area (Å²) in [6.07, 6.45) is 3.70. The van der Waals surface area contributed by atoms with Crippen LogP contribution in [-0.2, 0) is 0 Å². The highest BCUT2D eigenvalue weighted by molar-refractivity contribution is 14.1. The van der Waals surface area contributed by atoms with Crippen LogP contribution in [0.4, 0.5) is 5.82 Å². The van der Waals surface area contributed by atoms with Crippen LogP contribution in [0.5, 0.6) is 0 Å².